The minimum absolute atomic E-state index is 0.0463. The first kappa shape index (κ1) is 15.7. The fourth-order valence-corrected chi connectivity index (χ4v) is 2.71. The lowest BCUT2D eigenvalue weighted by molar-refractivity contribution is -0.139. The Morgan fingerprint density at radius 1 is 1.17 bits per heavy atom. The molecular formula is C18H18F3NO. The number of halogens is 3. The molecule has 2 aromatic carbocycles. The van der Waals surface area contributed by atoms with Gasteiger partial charge in [-0.05, 0) is 49.4 Å². The number of nitrogen functional groups attached to an aromatic ring is 1. The number of hydrogen-bond acceptors (Lipinski definition) is 2. The van der Waals surface area contributed by atoms with Gasteiger partial charge in [-0.25, -0.2) is 0 Å². The molecule has 0 aromatic heterocycles. The molecule has 2 nitrogen and oxygen atoms in total. The molecule has 0 amide bonds. The van der Waals surface area contributed by atoms with Gasteiger partial charge in [0.1, 0.15) is 12.4 Å². The number of rotatable bonds is 4. The second-order valence-corrected chi connectivity index (χ2v) is 5.98. The van der Waals surface area contributed by atoms with Gasteiger partial charge in [-0.2, -0.15) is 13.2 Å². The molecule has 2 N–H and O–H groups in total. The molecule has 23 heavy (non-hydrogen) atoms. The summed E-state index contributed by atoms with van der Waals surface area (Å²) in [6.07, 6.45) is -2.26. The van der Waals surface area contributed by atoms with Crippen molar-refractivity contribution in [2.24, 2.45) is 0 Å². The van der Waals surface area contributed by atoms with Crippen LogP contribution in [-0.4, -0.2) is 0 Å². The number of alkyl halides is 3. The highest BCUT2D eigenvalue weighted by Crippen LogP contribution is 2.43. The first-order chi connectivity index (χ1) is 10.9. The predicted molar refractivity (Wildman–Crippen MR) is 83.3 cm³/mol. The smallest absolute Gasteiger partial charge is 0.419 e. The van der Waals surface area contributed by atoms with E-state index in [1.807, 2.05) is 12.1 Å². The number of anilines is 1. The monoisotopic (exact) mass is 321 g/mol. The van der Waals surface area contributed by atoms with Crippen molar-refractivity contribution in [1.82, 2.24) is 0 Å². The van der Waals surface area contributed by atoms with Gasteiger partial charge in [0.15, 0.2) is 0 Å². The average Bonchev–Trinajstić information content (AvgIpc) is 3.30. The van der Waals surface area contributed by atoms with E-state index in [4.69, 9.17) is 10.5 Å². The quantitative estimate of drug-likeness (QED) is 0.800. The predicted octanol–water partition coefficient (Wildman–Crippen LogP) is 5.05. The molecule has 0 radical (unpaired) electrons. The van der Waals surface area contributed by atoms with Crippen LogP contribution in [0.2, 0.25) is 0 Å². The zero-order valence-corrected chi connectivity index (χ0v) is 12.8. The second kappa shape index (κ2) is 5.80. The van der Waals surface area contributed by atoms with Crippen molar-refractivity contribution in [3.8, 4) is 5.75 Å². The molecule has 0 spiro atoms. The van der Waals surface area contributed by atoms with Gasteiger partial charge in [0.25, 0.3) is 0 Å². The Hall–Kier alpha value is -2.17. The maximum atomic E-state index is 13.1. The molecule has 1 aliphatic rings. The summed E-state index contributed by atoms with van der Waals surface area (Å²) in [6, 6.07) is 9.69. The van der Waals surface area contributed by atoms with Crippen molar-refractivity contribution in [3.63, 3.8) is 0 Å². The summed E-state index contributed by atoms with van der Waals surface area (Å²) in [5.41, 5.74) is 8.24. The van der Waals surface area contributed by atoms with E-state index in [1.165, 1.54) is 6.07 Å². The van der Waals surface area contributed by atoms with Gasteiger partial charge in [0, 0.05) is 11.3 Å². The van der Waals surface area contributed by atoms with Gasteiger partial charge >= 0.3 is 6.18 Å². The highest BCUT2D eigenvalue weighted by molar-refractivity contribution is 5.53. The molecule has 1 fully saturated rings. The molecule has 0 unspecified atom stereocenters. The zero-order valence-electron chi connectivity index (χ0n) is 12.8. The van der Waals surface area contributed by atoms with Crippen LogP contribution in [0.4, 0.5) is 18.9 Å². The number of nitrogens with two attached hydrogens (primary N) is 1. The molecule has 3 rings (SSSR count). The SMILES string of the molecule is Cc1ccc(OCc2c(N)cccc2C2CC2)c(C(F)(F)F)c1. The van der Waals surface area contributed by atoms with E-state index in [-0.39, 0.29) is 12.4 Å². The van der Waals surface area contributed by atoms with Gasteiger partial charge in [-0.3, -0.25) is 0 Å². The van der Waals surface area contributed by atoms with E-state index < -0.39 is 11.7 Å². The number of aryl methyl sites for hydroxylation is 1. The van der Waals surface area contributed by atoms with Crippen molar-refractivity contribution in [2.45, 2.75) is 38.5 Å². The number of hydrogen-bond donors (Lipinski definition) is 1. The van der Waals surface area contributed by atoms with Crippen LogP contribution in [0.25, 0.3) is 0 Å². The fraction of sp³-hybridized carbons (Fsp3) is 0.333. The molecule has 2 aromatic rings. The zero-order chi connectivity index (χ0) is 16.6. The Morgan fingerprint density at radius 3 is 2.57 bits per heavy atom. The molecule has 0 bridgehead atoms. The standard InChI is InChI=1S/C18H18F3NO/c1-11-5-8-17(15(9-11)18(19,20)21)23-10-14-13(12-6-7-12)3-2-4-16(14)22/h2-5,8-9,12H,6-7,10,22H2,1H3. The number of benzene rings is 2. The Labute approximate surface area is 133 Å². The van der Waals surface area contributed by atoms with Crippen molar-refractivity contribution in [2.75, 3.05) is 5.73 Å². The summed E-state index contributed by atoms with van der Waals surface area (Å²) in [5.74, 6) is 0.297. The van der Waals surface area contributed by atoms with Crippen LogP contribution in [0.15, 0.2) is 36.4 Å². The van der Waals surface area contributed by atoms with Crippen LogP contribution in [0, 0.1) is 6.92 Å². The third-order valence-electron chi connectivity index (χ3n) is 4.08. The highest BCUT2D eigenvalue weighted by atomic mass is 19.4. The van der Waals surface area contributed by atoms with E-state index in [0.717, 1.165) is 30.0 Å². The Bertz CT molecular complexity index is 721. The minimum atomic E-state index is -4.44. The summed E-state index contributed by atoms with van der Waals surface area (Å²) >= 11 is 0. The lowest BCUT2D eigenvalue weighted by Gasteiger charge is -2.17. The van der Waals surface area contributed by atoms with Crippen LogP contribution in [0.5, 0.6) is 5.75 Å². The molecule has 5 heteroatoms. The average molecular weight is 321 g/mol. The normalized spacial score (nSPS) is 14.8. The Kier molecular flexibility index (Phi) is 3.96. The van der Waals surface area contributed by atoms with Gasteiger partial charge in [-0.1, -0.05) is 23.8 Å². The van der Waals surface area contributed by atoms with Gasteiger partial charge in [0.05, 0.1) is 5.56 Å². The van der Waals surface area contributed by atoms with Crippen LogP contribution < -0.4 is 10.5 Å². The fourth-order valence-electron chi connectivity index (χ4n) is 2.71. The van der Waals surface area contributed by atoms with Crippen molar-refractivity contribution in [1.29, 1.82) is 0 Å². The van der Waals surface area contributed by atoms with E-state index >= 15 is 0 Å². The molecule has 1 aliphatic carbocycles. The molecule has 122 valence electrons. The van der Waals surface area contributed by atoms with Crippen molar-refractivity contribution < 1.29 is 17.9 Å². The van der Waals surface area contributed by atoms with Crippen molar-refractivity contribution in [3.05, 3.63) is 58.7 Å². The summed E-state index contributed by atoms with van der Waals surface area (Å²) < 4.78 is 44.9. The molecule has 0 saturated heterocycles. The summed E-state index contributed by atoms with van der Waals surface area (Å²) in [6.45, 7) is 1.67. The minimum Gasteiger partial charge on any atom is -0.488 e. The molecule has 1 saturated carbocycles. The van der Waals surface area contributed by atoms with Crippen molar-refractivity contribution >= 4 is 5.69 Å². The first-order valence-corrected chi connectivity index (χ1v) is 7.54. The maximum absolute atomic E-state index is 13.1. The largest absolute Gasteiger partial charge is 0.488 e. The lowest BCUT2D eigenvalue weighted by Crippen LogP contribution is -2.10. The highest BCUT2D eigenvalue weighted by Gasteiger charge is 2.34. The maximum Gasteiger partial charge on any atom is 0.419 e. The Balaban J connectivity index is 1.87. The molecule has 0 heterocycles. The number of ether oxygens (including phenoxy) is 1. The van der Waals surface area contributed by atoms with E-state index in [0.29, 0.717) is 17.2 Å². The second-order valence-electron chi connectivity index (χ2n) is 5.98. The van der Waals surface area contributed by atoms with Crippen LogP contribution in [0.1, 0.15) is 41.0 Å². The summed E-state index contributed by atoms with van der Waals surface area (Å²) in [5, 5.41) is 0. The molecule has 0 atom stereocenters. The molecular weight excluding hydrogens is 303 g/mol. The third-order valence-corrected chi connectivity index (χ3v) is 4.08. The van der Waals surface area contributed by atoms with E-state index in [1.54, 1.807) is 19.1 Å². The van der Waals surface area contributed by atoms with Crippen LogP contribution >= 0.6 is 0 Å². The van der Waals surface area contributed by atoms with Gasteiger partial charge < -0.3 is 10.5 Å². The topological polar surface area (TPSA) is 35.2 Å². The third kappa shape index (κ3) is 3.44. The Morgan fingerprint density at radius 2 is 1.91 bits per heavy atom. The van der Waals surface area contributed by atoms with Crippen LogP contribution in [0.3, 0.4) is 0 Å². The van der Waals surface area contributed by atoms with E-state index in [2.05, 4.69) is 0 Å². The first-order valence-electron chi connectivity index (χ1n) is 7.54. The van der Waals surface area contributed by atoms with E-state index in [9.17, 15) is 13.2 Å². The van der Waals surface area contributed by atoms with Gasteiger partial charge in [-0.15, -0.1) is 0 Å². The lowest BCUT2D eigenvalue weighted by atomic mass is 10.0. The summed E-state index contributed by atoms with van der Waals surface area (Å²) in [4.78, 5) is 0. The summed E-state index contributed by atoms with van der Waals surface area (Å²) in [7, 11) is 0. The van der Waals surface area contributed by atoms with Gasteiger partial charge in [0.2, 0.25) is 0 Å². The van der Waals surface area contributed by atoms with Crippen LogP contribution in [-0.2, 0) is 12.8 Å². The molecule has 0 aliphatic heterocycles.